The molecule has 0 bridgehead atoms. The van der Waals surface area contributed by atoms with Crippen molar-refractivity contribution in [2.75, 3.05) is 12.8 Å². The molecule has 7 heteroatoms. The molecule has 1 aromatic rings. The van der Waals surface area contributed by atoms with Crippen molar-refractivity contribution in [2.45, 2.75) is 31.5 Å². The number of nitrogens with one attached hydrogen (secondary N) is 1. The van der Waals surface area contributed by atoms with Gasteiger partial charge in [-0.15, -0.1) is 0 Å². The van der Waals surface area contributed by atoms with E-state index in [1.807, 2.05) is 6.92 Å². The van der Waals surface area contributed by atoms with Crippen molar-refractivity contribution in [3.05, 3.63) is 11.9 Å². The third-order valence-corrected chi connectivity index (χ3v) is 3.49. The van der Waals surface area contributed by atoms with E-state index in [0.717, 1.165) is 23.9 Å². The van der Waals surface area contributed by atoms with E-state index < -0.39 is 12.0 Å². The number of aryl methyl sites for hydroxylation is 1. The van der Waals surface area contributed by atoms with Crippen LogP contribution in [0.25, 0.3) is 0 Å². The van der Waals surface area contributed by atoms with Gasteiger partial charge in [-0.05, 0) is 13.3 Å². The van der Waals surface area contributed by atoms with E-state index in [4.69, 9.17) is 5.11 Å². The Hall–Kier alpha value is -1.50. The van der Waals surface area contributed by atoms with Crippen LogP contribution in [0.15, 0.2) is 11.4 Å². The summed E-state index contributed by atoms with van der Waals surface area (Å²) in [7, 11) is 1.57. The number of hydrogen-bond donors (Lipinski definition) is 2. The molecule has 0 saturated heterocycles. The van der Waals surface area contributed by atoms with Gasteiger partial charge >= 0.3 is 5.97 Å². The van der Waals surface area contributed by atoms with Gasteiger partial charge in [0.1, 0.15) is 6.04 Å². The van der Waals surface area contributed by atoms with Crippen LogP contribution in [-0.2, 0) is 16.0 Å². The average molecular weight is 271 g/mol. The molecule has 0 spiro atoms. The topological polar surface area (TPSA) is 84.2 Å². The Balaban J connectivity index is 3.01. The highest BCUT2D eigenvalue weighted by atomic mass is 32.2. The van der Waals surface area contributed by atoms with Crippen molar-refractivity contribution in [3.63, 3.8) is 0 Å². The summed E-state index contributed by atoms with van der Waals surface area (Å²) in [5, 5.41) is 11.8. The fourth-order valence-electron chi connectivity index (χ4n) is 1.61. The molecular formula is C11H17N3O3S. The standard InChI is InChI=1S/C11H17N3O3S/c1-4-8-5-13-11(18-6-9(15)16)14(8)7(2)10(17)12-3/h5,7H,4,6H2,1-3H3,(H,12,17)(H,15,16). The Morgan fingerprint density at radius 2 is 2.28 bits per heavy atom. The number of imidazole rings is 1. The Kier molecular flexibility index (Phi) is 5.21. The Morgan fingerprint density at radius 3 is 2.78 bits per heavy atom. The second-order valence-electron chi connectivity index (χ2n) is 3.73. The first kappa shape index (κ1) is 14.6. The highest BCUT2D eigenvalue weighted by Crippen LogP contribution is 2.23. The maximum absolute atomic E-state index is 11.7. The van der Waals surface area contributed by atoms with Gasteiger partial charge in [0.25, 0.3) is 0 Å². The number of hydrogen-bond acceptors (Lipinski definition) is 4. The van der Waals surface area contributed by atoms with Crippen molar-refractivity contribution in [1.82, 2.24) is 14.9 Å². The molecule has 1 amide bonds. The molecule has 1 atom stereocenters. The lowest BCUT2D eigenvalue weighted by molar-refractivity contribution is -0.133. The fraction of sp³-hybridized carbons (Fsp3) is 0.545. The summed E-state index contributed by atoms with van der Waals surface area (Å²) < 4.78 is 1.78. The molecule has 0 saturated carbocycles. The molecule has 1 rings (SSSR count). The first-order chi connectivity index (χ1) is 8.51. The van der Waals surface area contributed by atoms with Gasteiger partial charge in [0, 0.05) is 18.9 Å². The second kappa shape index (κ2) is 6.44. The van der Waals surface area contributed by atoms with Gasteiger partial charge in [0.15, 0.2) is 5.16 Å². The number of nitrogens with zero attached hydrogens (tertiary/aromatic N) is 2. The van der Waals surface area contributed by atoms with E-state index in [1.165, 1.54) is 0 Å². The summed E-state index contributed by atoms with van der Waals surface area (Å²) >= 11 is 1.12. The number of amides is 1. The molecule has 0 aromatic carbocycles. The maximum Gasteiger partial charge on any atom is 0.313 e. The first-order valence-electron chi connectivity index (χ1n) is 5.63. The van der Waals surface area contributed by atoms with Crippen molar-refractivity contribution in [1.29, 1.82) is 0 Å². The molecule has 1 unspecified atom stereocenters. The number of carbonyl (C=O) groups is 2. The lowest BCUT2D eigenvalue weighted by Gasteiger charge is -2.17. The molecule has 1 aromatic heterocycles. The second-order valence-corrected chi connectivity index (χ2v) is 4.67. The minimum atomic E-state index is -0.903. The van der Waals surface area contributed by atoms with Crippen LogP contribution in [0.2, 0.25) is 0 Å². The van der Waals surface area contributed by atoms with Gasteiger partial charge in [0.05, 0.1) is 5.75 Å². The monoisotopic (exact) mass is 271 g/mol. The average Bonchev–Trinajstić information content (AvgIpc) is 2.77. The van der Waals surface area contributed by atoms with E-state index in [9.17, 15) is 9.59 Å². The predicted molar refractivity (Wildman–Crippen MR) is 68.7 cm³/mol. The SMILES string of the molecule is CCc1cnc(SCC(=O)O)n1C(C)C(=O)NC. The molecule has 0 aliphatic carbocycles. The highest BCUT2D eigenvalue weighted by molar-refractivity contribution is 7.99. The van der Waals surface area contributed by atoms with Crippen LogP contribution in [-0.4, -0.2) is 39.3 Å². The van der Waals surface area contributed by atoms with E-state index in [-0.39, 0.29) is 11.7 Å². The maximum atomic E-state index is 11.7. The largest absolute Gasteiger partial charge is 0.481 e. The minimum absolute atomic E-state index is 0.0688. The van der Waals surface area contributed by atoms with Crippen molar-refractivity contribution in [2.24, 2.45) is 0 Å². The van der Waals surface area contributed by atoms with Crippen LogP contribution in [0, 0.1) is 0 Å². The fourth-order valence-corrected chi connectivity index (χ4v) is 2.41. The molecule has 0 aliphatic rings. The summed E-state index contributed by atoms with van der Waals surface area (Å²) in [6, 6.07) is -0.399. The third kappa shape index (κ3) is 3.25. The lowest BCUT2D eigenvalue weighted by Crippen LogP contribution is -2.29. The van der Waals surface area contributed by atoms with Crippen molar-refractivity contribution in [3.8, 4) is 0 Å². The van der Waals surface area contributed by atoms with E-state index >= 15 is 0 Å². The van der Waals surface area contributed by atoms with Crippen LogP contribution < -0.4 is 5.32 Å². The van der Waals surface area contributed by atoms with Gasteiger partial charge in [0.2, 0.25) is 5.91 Å². The summed E-state index contributed by atoms with van der Waals surface area (Å²) in [6.07, 6.45) is 2.42. The summed E-state index contributed by atoms with van der Waals surface area (Å²) in [4.78, 5) is 26.4. The molecule has 1 heterocycles. The van der Waals surface area contributed by atoms with Crippen molar-refractivity contribution < 1.29 is 14.7 Å². The summed E-state index contributed by atoms with van der Waals surface area (Å²) in [5.74, 6) is -1.10. The van der Waals surface area contributed by atoms with Gasteiger partial charge in [-0.3, -0.25) is 9.59 Å². The molecule has 0 radical (unpaired) electrons. The van der Waals surface area contributed by atoms with Crippen LogP contribution in [0.3, 0.4) is 0 Å². The quantitative estimate of drug-likeness (QED) is 0.752. The van der Waals surface area contributed by atoms with Gasteiger partial charge in [-0.1, -0.05) is 18.7 Å². The van der Waals surface area contributed by atoms with Crippen LogP contribution in [0.4, 0.5) is 0 Å². The molecule has 0 fully saturated rings. The Labute approximate surface area is 110 Å². The van der Waals surface area contributed by atoms with Gasteiger partial charge < -0.3 is 15.0 Å². The van der Waals surface area contributed by atoms with Crippen LogP contribution in [0.1, 0.15) is 25.6 Å². The number of thioether (sulfide) groups is 1. The zero-order chi connectivity index (χ0) is 13.7. The predicted octanol–water partition coefficient (Wildman–Crippen LogP) is 0.929. The number of carbonyl (C=O) groups excluding carboxylic acids is 1. The number of likely N-dealkylation sites (N-methyl/N-ethyl adjacent to an activating group) is 1. The minimum Gasteiger partial charge on any atom is -0.481 e. The number of aliphatic carboxylic acids is 1. The molecule has 2 N–H and O–H groups in total. The third-order valence-electron chi connectivity index (χ3n) is 2.54. The van der Waals surface area contributed by atoms with Gasteiger partial charge in [-0.2, -0.15) is 0 Å². The highest BCUT2D eigenvalue weighted by Gasteiger charge is 2.20. The molecule has 6 nitrogen and oxygen atoms in total. The van der Waals surface area contributed by atoms with E-state index in [0.29, 0.717) is 5.16 Å². The molecule has 18 heavy (non-hydrogen) atoms. The zero-order valence-electron chi connectivity index (χ0n) is 10.6. The molecule has 0 aliphatic heterocycles. The number of carboxylic acids is 1. The van der Waals surface area contributed by atoms with E-state index in [2.05, 4.69) is 10.3 Å². The Bertz CT molecular complexity index is 445. The lowest BCUT2D eigenvalue weighted by atomic mass is 10.2. The van der Waals surface area contributed by atoms with Crippen molar-refractivity contribution >= 4 is 23.6 Å². The summed E-state index contributed by atoms with van der Waals surface area (Å²) in [5.41, 5.74) is 0.916. The van der Waals surface area contributed by atoms with Crippen LogP contribution >= 0.6 is 11.8 Å². The smallest absolute Gasteiger partial charge is 0.313 e. The summed E-state index contributed by atoms with van der Waals surface area (Å²) in [6.45, 7) is 3.74. The Morgan fingerprint density at radius 1 is 1.61 bits per heavy atom. The number of carboxylic acid groups (broad SMARTS) is 1. The van der Waals surface area contributed by atoms with Crippen LogP contribution in [0.5, 0.6) is 0 Å². The number of rotatable bonds is 6. The van der Waals surface area contributed by atoms with Gasteiger partial charge in [-0.25, -0.2) is 4.98 Å². The number of aromatic nitrogens is 2. The first-order valence-corrected chi connectivity index (χ1v) is 6.62. The normalized spacial score (nSPS) is 12.2. The molecular weight excluding hydrogens is 254 g/mol. The molecule has 100 valence electrons. The van der Waals surface area contributed by atoms with E-state index in [1.54, 1.807) is 24.7 Å². The zero-order valence-corrected chi connectivity index (χ0v) is 11.5.